The molecule has 1 saturated heterocycles. The van der Waals surface area contributed by atoms with Crippen LogP contribution in [-0.2, 0) is 30.4 Å². The van der Waals surface area contributed by atoms with Gasteiger partial charge in [0.15, 0.2) is 9.84 Å². The summed E-state index contributed by atoms with van der Waals surface area (Å²) in [5, 5.41) is 9.07. The highest BCUT2D eigenvalue weighted by molar-refractivity contribution is 7.90. The van der Waals surface area contributed by atoms with Gasteiger partial charge < -0.3 is 9.84 Å². The predicted molar refractivity (Wildman–Crippen MR) is 105 cm³/mol. The van der Waals surface area contributed by atoms with E-state index in [0.29, 0.717) is 24.3 Å². The molecule has 0 spiro atoms. The number of ether oxygens (including phenoxy) is 1. The van der Waals surface area contributed by atoms with E-state index in [1.807, 2.05) is 0 Å². The van der Waals surface area contributed by atoms with Crippen LogP contribution in [0, 0.1) is 6.92 Å². The van der Waals surface area contributed by atoms with Crippen molar-refractivity contribution in [3.8, 4) is 0 Å². The first-order valence-corrected chi connectivity index (χ1v) is 11.9. The molecule has 0 amide bonds. The number of carbonyl (C=O) groups is 1. The van der Waals surface area contributed by atoms with Crippen molar-refractivity contribution < 1.29 is 31.5 Å². The first kappa shape index (κ1) is 21.4. The van der Waals surface area contributed by atoms with E-state index in [1.54, 1.807) is 19.1 Å². The minimum absolute atomic E-state index is 0.0615. The fraction of sp³-hybridized carbons (Fsp3) is 0.316. The lowest BCUT2D eigenvalue weighted by Crippen LogP contribution is -2.40. The lowest BCUT2D eigenvalue weighted by molar-refractivity contribution is 0.0696. The molecule has 1 aliphatic heterocycles. The molecule has 1 fully saturated rings. The van der Waals surface area contributed by atoms with Gasteiger partial charge in [0.2, 0.25) is 10.0 Å². The molecule has 0 radical (unpaired) electrons. The van der Waals surface area contributed by atoms with Crippen LogP contribution in [0.15, 0.2) is 52.3 Å². The van der Waals surface area contributed by atoms with E-state index in [9.17, 15) is 21.6 Å². The van der Waals surface area contributed by atoms with Crippen LogP contribution in [-0.4, -0.2) is 58.5 Å². The number of carboxylic acids is 1. The van der Waals surface area contributed by atoms with Crippen LogP contribution in [0.25, 0.3) is 0 Å². The Labute approximate surface area is 169 Å². The van der Waals surface area contributed by atoms with E-state index >= 15 is 0 Å². The van der Waals surface area contributed by atoms with Gasteiger partial charge in [0.05, 0.1) is 34.3 Å². The number of aryl methyl sites for hydroxylation is 1. The van der Waals surface area contributed by atoms with Crippen LogP contribution < -0.4 is 0 Å². The van der Waals surface area contributed by atoms with E-state index in [2.05, 4.69) is 0 Å². The fourth-order valence-electron chi connectivity index (χ4n) is 3.06. The van der Waals surface area contributed by atoms with Crippen molar-refractivity contribution >= 4 is 25.8 Å². The zero-order valence-electron chi connectivity index (χ0n) is 15.7. The summed E-state index contributed by atoms with van der Waals surface area (Å²) in [5.41, 5.74) is 0.694. The number of rotatable bonds is 6. The molecular weight excluding hydrogens is 418 g/mol. The van der Waals surface area contributed by atoms with Crippen molar-refractivity contribution in [1.82, 2.24) is 4.31 Å². The molecule has 0 unspecified atom stereocenters. The SMILES string of the molecule is Cc1ccc(CS(=O)(=O)c2cccc(C(=O)O)c2)cc1S(=O)(=O)N1CCOCC1. The lowest BCUT2D eigenvalue weighted by Gasteiger charge is -2.26. The van der Waals surface area contributed by atoms with Crippen molar-refractivity contribution in [2.45, 2.75) is 22.5 Å². The second-order valence-corrected chi connectivity index (χ2v) is 10.6. The Hall–Kier alpha value is -2.27. The number of benzene rings is 2. The van der Waals surface area contributed by atoms with Crippen LogP contribution >= 0.6 is 0 Å². The minimum Gasteiger partial charge on any atom is -0.478 e. The third-order valence-electron chi connectivity index (χ3n) is 4.64. The topological polar surface area (TPSA) is 118 Å². The number of hydrogen-bond acceptors (Lipinski definition) is 6. The minimum atomic E-state index is -3.86. The Balaban J connectivity index is 1.93. The van der Waals surface area contributed by atoms with E-state index in [-0.39, 0.29) is 28.4 Å². The van der Waals surface area contributed by atoms with E-state index in [4.69, 9.17) is 9.84 Å². The molecule has 10 heteroatoms. The van der Waals surface area contributed by atoms with Crippen LogP contribution in [0.4, 0.5) is 0 Å². The Kier molecular flexibility index (Phi) is 6.08. The first-order valence-electron chi connectivity index (χ1n) is 8.85. The van der Waals surface area contributed by atoms with Crippen LogP contribution in [0.2, 0.25) is 0 Å². The van der Waals surface area contributed by atoms with Crippen LogP contribution in [0.3, 0.4) is 0 Å². The molecule has 0 saturated carbocycles. The van der Waals surface area contributed by atoms with Crippen molar-refractivity contribution in [2.75, 3.05) is 26.3 Å². The van der Waals surface area contributed by atoms with Crippen molar-refractivity contribution in [3.05, 3.63) is 59.2 Å². The molecule has 3 rings (SSSR count). The molecule has 1 heterocycles. The molecule has 156 valence electrons. The Bertz CT molecular complexity index is 1130. The normalized spacial score (nSPS) is 15.9. The van der Waals surface area contributed by atoms with Gasteiger partial charge in [-0.05, 0) is 42.3 Å². The van der Waals surface area contributed by atoms with Crippen molar-refractivity contribution in [1.29, 1.82) is 0 Å². The smallest absolute Gasteiger partial charge is 0.335 e. The molecule has 0 aliphatic carbocycles. The van der Waals surface area contributed by atoms with Crippen molar-refractivity contribution in [2.24, 2.45) is 0 Å². The third kappa shape index (κ3) is 4.67. The number of sulfonamides is 1. The maximum Gasteiger partial charge on any atom is 0.335 e. The molecule has 0 atom stereocenters. The summed E-state index contributed by atoms with van der Waals surface area (Å²) in [7, 11) is -7.63. The van der Waals surface area contributed by atoms with Gasteiger partial charge in [0.1, 0.15) is 0 Å². The summed E-state index contributed by atoms with van der Waals surface area (Å²) in [6.07, 6.45) is 0. The van der Waals surface area contributed by atoms with Gasteiger partial charge in [-0.2, -0.15) is 4.31 Å². The Morgan fingerprint density at radius 2 is 1.76 bits per heavy atom. The highest BCUT2D eigenvalue weighted by Crippen LogP contribution is 2.25. The standard InChI is InChI=1S/C19H21NO7S2/c1-14-5-6-15(11-18(14)29(25,26)20-7-9-27-10-8-20)13-28(23,24)17-4-2-3-16(12-17)19(21)22/h2-6,11-12H,7-10,13H2,1H3,(H,21,22). The van der Waals surface area contributed by atoms with E-state index < -0.39 is 31.6 Å². The van der Waals surface area contributed by atoms with Gasteiger partial charge in [-0.25, -0.2) is 21.6 Å². The van der Waals surface area contributed by atoms with Gasteiger partial charge in [-0.3, -0.25) is 0 Å². The lowest BCUT2D eigenvalue weighted by atomic mass is 10.2. The Morgan fingerprint density at radius 1 is 1.07 bits per heavy atom. The van der Waals surface area contributed by atoms with E-state index in [0.717, 1.165) is 6.07 Å². The molecule has 2 aromatic carbocycles. The van der Waals surface area contributed by atoms with Crippen LogP contribution in [0.1, 0.15) is 21.5 Å². The molecule has 8 nitrogen and oxygen atoms in total. The average molecular weight is 440 g/mol. The summed E-state index contributed by atoms with van der Waals surface area (Å²) in [6.45, 7) is 2.76. The second-order valence-electron chi connectivity index (χ2n) is 6.71. The molecule has 29 heavy (non-hydrogen) atoms. The summed E-state index contributed by atoms with van der Waals surface area (Å²) in [5.74, 6) is -1.67. The molecule has 0 bridgehead atoms. The quantitative estimate of drug-likeness (QED) is 0.728. The molecule has 2 aromatic rings. The zero-order valence-corrected chi connectivity index (χ0v) is 17.4. The number of carboxylic acid groups (broad SMARTS) is 1. The second kappa shape index (κ2) is 8.23. The van der Waals surface area contributed by atoms with Gasteiger partial charge in [0, 0.05) is 13.1 Å². The number of sulfone groups is 1. The summed E-state index contributed by atoms with van der Waals surface area (Å²) in [6, 6.07) is 9.59. The maximum atomic E-state index is 13.0. The average Bonchev–Trinajstić information content (AvgIpc) is 2.70. The highest BCUT2D eigenvalue weighted by Gasteiger charge is 2.28. The number of hydrogen-bond donors (Lipinski definition) is 1. The van der Waals surface area contributed by atoms with E-state index in [1.165, 1.54) is 28.6 Å². The zero-order chi connectivity index (χ0) is 21.2. The number of aromatic carboxylic acids is 1. The van der Waals surface area contributed by atoms with Crippen molar-refractivity contribution in [3.63, 3.8) is 0 Å². The highest BCUT2D eigenvalue weighted by atomic mass is 32.2. The summed E-state index contributed by atoms with van der Waals surface area (Å²) in [4.78, 5) is 11.0. The monoisotopic (exact) mass is 439 g/mol. The predicted octanol–water partition coefficient (Wildman–Crippen LogP) is 1.69. The number of nitrogens with zero attached hydrogens (tertiary/aromatic N) is 1. The van der Waals surface area contributed by atoms with Gasteiger partial charge in [-0.15, -0.1) is 0 Å². The van der Waals surface area contributed by atoms with Gasteiger partial charge in [-0.1, -0.05) is 18.2 Å². The molecule has 1 N–H and O–H groups in total. The van der Waals surface area contributed by atoms with Gasteiger partial charge >= 0.3 is 5.97 Å². The molecule has 1 aliphatic rings. The fourth-order valence-corrected chi connectivity index (χ4v) is 6.12. The van der Waals surface area contributed by atoms with Gasteiger partial charge in [0.25, 0.3) is 0 Å². The molecular formula is C19H21NO7S2. The maximum absolute atomic E-state index is 13.0. The van der Waals surface area contributed by atoms with Crippen LogP contribution in [0.5, 0.6) is 0 Å². The Morgan fingerprint density at radius 3 is 2.41 bits per heavy atom. The molecule has 0 aromatic heterocycles. The first-order chi connectivity index (χ1) is 13.6. The largest absolute Gasteiger partial charge is 0.478 e. The summed E-state index contributed by atoms with van der Waals surface area (Å²) >= 11 is 0. The third-order valence-corrected chi connectivity index (χ3v) is 8.36. The summed E-state index contributed by atoms with van der Waals surface area (Å²) < 4.78 is 58.0. The number of morpholine rings is 1.